The number of benzene rings is 1. The molecule has 1 unspecified atom stereocenters. The monoisotopic (exact) mass is 391 g/mol. The van der Waals surface area contributed by atoms with Gasteiger partial charge in [0.15, 0.2) is 6.10 Å². The van der Waals surface area contributed by atoms with E-state index in [1.165, 1.54) is 6.07 Å². The van der Waals surface area contributed by atoms with Crippen LogP contribution in [0.4, 0.5) is 0 Å². The van der Waals surface area contributed by atoms with Crippen LogP contribution in [0.2, 0.25) is 0 Å². The van der Waals surface area contributed by atoms with Crippen LogP contribution in [0, 0.1) is 3.57 Å². The number of nitrogens with zero attached hydrogens (tertiary/aromatic N) is 1. The van der Waals surface area contributed by atoms with Gasteiger partial charge in [0.05, 0.1) is 0 Å². The summed E-state index contributed by atoms with van der Waals surface area (Å²) in [7, 11) is 0. The zero-order chi connectivity index (χ0) is 15.3. The van der Waals surface area contributed by atoms with Gasteiger partial charge < -0.3 is 14.7 Å². The number of rotatable bonds is 6. The van der Waals surface area contributed by atoms with E-state index in [1.807, 2.05) is 36.4 Å². The Balaban J connectivity index is 2.93. The van der Waals surface area contributed by atoms with Crippen molar-refractivity contribution >= 4 is 34.5 Å². The van der Waals surface area contributed by atoms with Crippen LogP contribution in [0.25, 0.3) is 0 Å². The minimum atomic E-state index is -1.07. The third-order valence-electron chi connectivity index (χ3n) is 2.90. The Morgan fingerprint density at radius 2 is 1.95 bits per heavy atom. The number of hydrogen-bond donors (Lipinski definition) is 1. The van der Waals surface area contributed by atoms with E-state index in [0.29, 0.717) is 13.1 Å². The number of halogens is 1. The summed E-state index contributed by atoms with van der Waals surface area (Å²) in [5.74, 6) is -1.00. The van der Waals surface area contributed by atoms with Crippen LogP contribution in [-0.4, -0.2) is 41.1 Å². The molecule has 0 radical (unpaired) electrons. The van der Waals surface area contributed by atoms with Crippen LogP contribution < -0.4 is 4.74 Å². The Bertz CT molecular complexity index is 500. The first-order chi connectivity index (χ1) is 9.40. The van der Waals surface area contributed by atoms with Crippen LogP contribution in [0.5, 0.6) is 5.75 Å². The highest BCUT2D eigenvalue weighted by Crippen LogP contribution is 2.22. The summed E-state index contributed by atoms with van der Waals surface area (Å²) in [6.07, 6.45) is -0.715. The van der Waals surface area contributed by atoms with Crippen molar-refractivity contribution in [1.82, 2.24) is 4.90 Å². The maximum Gasteiger partial charge on any atom is 0.339 e. The maximum atomic E-state index is 12.1. The Labute approximate surface area is 132 Å². The average Bonchev–Trinajstić information content (AvgIpc) is 2.41. The third-order valence-corrected chi connectivity index (χ3v) is 3.57. The number of likely N-dealkylation sites (N-methyl/N-ethyl adjacent to an activating group) is 1. The molecule has 0 fully saturated rings. The molecular weight excluding hydrogens is 373 g/mol. The van der Waals surface area contributed by atoms with Crippen LogP contribution in [-0.2, 0) is 4.79 Å². The fourth-order valence-corrected chi connectivity index (χ4v) is 2.30. The lowest BCUT2D eigenvalue weighted by atomic mass is 10.2. The number of carboxylic acids is 1. The number of hydrogen-bond acceptors (Lipinski definition) is 3. The summed E-state index contributed by atoms with van der Waals surface area (Å²) in [6, 6.07) is 4.85. The normalized spacial score (nSPS) is 11.8. The largest absolute Gasteiger partial charge is 0.480 e. The van der Waals surface area contributed by atoms with E-state index in [9.17, 15) is 9.59 Å². The van der Waals surface area contributed by atoms with Crippen molar-refractivity contribution in [3.8, 4) is 5.75 Å². The van der Waals surface area contributed by atoms with Crippen LogP contribution in [0.15, 0.2) is 18.2 Å². The number of amides is 1. The molecule has 1 rings (SSSR count). The fourth-order valence-electron chi connectivity index (χ4n) is 1.81. The van der Waals surface area contributed by atoms with Crippen molar-refractivity contribution in [2.24, 2.45) is 0 Å². The number of aromatic carboxylic acids is 1. The molecule has 1 aromatic rings. The lowest BCUT2D eigenvalue weighted by molar-refractivity contribution is -0.137. The molecular formula is C14H18INO4. The summed E-state index contributed by atoms with van der Waals surface area (Å²) in [6.45, 7) is 6.61. The molecule has 1 amide bonds. The molecule has 20 heavy (non-hydrogen) atoms. The fraction of sp³-hybridized carbons (Fsp3) is 0.429. The Hall–Kier alpha value is -1.31. The smallest absolute Gasteiger partial charge is 0.339 e. The quantitative estimate of drug-likeness (QED) is 0.758. The molecule has 110 valence electrons. The summed E-state index contributed by atoms with van der Waals surface area (Å²) >= 11 is 2.03. The molecule has 0 aromatic heterocycles. The lowest BCUT2D eigenvalue weighted by Gasteiger charge is -2.23. The standard InChI is InChI=1S/C14H18INO4/c1-4-16(5-2)13(17)9(3)20-12-7-6-10(15)8-11(12)14(18)19/h6-9H,4-5H2,1-3H3,(H,18,19). The molecule has 0 heterocycles. The lowest BCUT2D eigenvalue weighted by Crippen LogP contribution is -2.40. The first-order valence-corrected chi connectivity index (χ1v) is 7.46. The Kier molecular flexibility index (Phi) is 6.25. The first-order valence-electron chi connectivity index (χ1n) is 6.38. The van der Waals surface area contributed by atoms with E-state index < -0.39 is 12.1 Å². The highest BCUT2D eigenvalue weighted by Gasteiger charge is 2.22. The molecule has 0 saturated carbocycles. The number of carboxylic acid groups (broad SMARTS) is 1. The molecule has 1 aromatic carbocycles. The Morgan fingerprint density at radius 3 is 2.45 bits per heavy atom. The van der Waals surface area contributed by atoms with E-state index >= 15 is 0 Å². The predicted octanol–water partition coefficient (Wildman–Crippen LogP) is 2.63. The van der Waals surface area contributed by atoms with E-state index in [2.05, 4.69) is 0 Å². The van der Waals surface area contributed by atoms with E-state index in [4.69, 9.17) is 9.84 Å². The zero-order valence-corrected chi connectivity index (χ0v) is 13.9. The van der Waals surface area contributed by atoms with Gasteiger partial charge in [-0.1, -0.05) is 0 Å². The van der Waals surface area contributed by atoms with Crippen LogP contribution in [0.1, 0.15) is 31.1 Å². The maximum absolute atomic E-state index is 12.1. The summed E-state index contributed by atoms with van der Waals surface area (Å²) < 4.78 is 6.33. The van der Waals surface area contributed by atoms with Crippen molar-refractivity contribution in [1.29, 1.82) is 0 Å². The molecule has 0 saturated heterocycles. The molecule has 5 nitrogen and oxygen atoms in total. The first kappa shape index (κ1) is 16.7. The highest BCUT2D eigenvalue weighted by atomic mass is 127. The predicted molar refractivity (Wildman–Crippen MR) is 84.1 cm³/mol. The minimum Gasteiger partial charge on any atom is -0.480 e. The molecule has 0 bridgehead atoms. The molecule has 6 heteroatoms. The van der Waals surface area contributed by atoms with Crippen molar-refractivity contribution in [3.05, 3.63) is 27.3 Å². The minimum absolute atomic E-state index is 0.0658. The second kappa shape index (κ2) is 7.47. The Morgan fingerprint density at radius 1 is 1.35 bits per heavy atom. The molecule has 0 aliphatic carbocycles. The van der Waals surface area contributed by atoms with Gasteiger partial charge >= 0.3 is 5.97 Å². The van der Waals surface area contributed by atoms with Crippen molar-refractivity contribution < 1.29 is 19.4 Å². The van der Waals surface area contributed by atoms with Crippen molar-refractivity contribution in [2.45, 2.75) is 26.9 Å². The molecule has 0 aliphatic rings. The van der Waals surface area contributed by atoms with Crippen molar-refractivity contribution in [3.63, 3.8) is 0 Å². The summed E-state index contributed by atoms with van der Waals surface area (Å²) in [5, 5.41) is 9.16. The van der Waals surface area contributed by atoms with Gasteiger partial charge in [-0.15, -0.1) is 0 Å². The molecule has 1 atom stereocenters. The van der Waals surface area contributed by atoms with Gasteiger partial charge in [0.1, 0.15) is 11.3 Å². The summed E-state index contributed by atoms with van der Waals surface area (Å²) in [4.78, 5) is 25.0. The van der Waals surface area contributed by atoms with Crippen LogP contribution >= 0.6 is 22.6 Å². The number of carbonyl (C=O) groups excluding carboxylic acids is 1. The number of ether oxygens (including phenoxy) is 1. The van der Waals surface area contributed by atoms with Gasteiger partial charge in [-0.2, -0.15) is 0 Å². The number of carbonyl (C=O) groups is 2. The van der Waals surface area contributed by atoms with Gasteiger partial charge in [-0.3, -0.25) is 4.79 Å². The summed E-state index contributed by atoms with van der Waals surface area (Å²) in [5.41, 5.74) is 0.0658. The second-order valence-corrected chi connectivity index (χ2v) is 5.46. The van der Waals surface area contributed by atoms with Crippen LogP contribution in [0.3, 0.4) is 0 Å². The van der Waals surface area contributed by atoms with Gasteiger partial charge in [-0.25, -0.2) is 4.79 Å². The van der Waals surface area contributed by atoms with E-state index in [-0.39, 0.29) is 17.2 Å². The van der Waals surface area contributed by atoms with Gasteiger partial charge in [0, 0.05) is 16.7 Å². The topological polar surface area (TPSA) is 66.8 Å². The third kappa shape index (κ3) is 4.09. The zero-order valence-electron chi connectivity index (χ0n) is 11.7. The molecule has 0 spiro atoms. The van der Waals surface area contributed by atoms with Crippen molar-refractivity contribution in [2.75, 3.05) is 13.1 Å². The second-order valence-electron chi connectivity index (χ2n) is 4.22. The van der Waals surface area contributed by atoms with E-state index in [0.717, 1.165) is 3.57 Å². The van der Waals surface area contributed by atoms with Gasteiger partial charge in [-0.05, 0) is 61.6 Å². The highest BCUT2D eigenvalue weighted by molar-refractivity contribution is 14.1. The SMILES string of the molecule is CCN(CC)C(=O)C(C)Oc1ccc(I)cc1C(=O)O. The molecule has 1 N–H and O–H groups in total. The average molecular weight is 391 g/mol. The molecule has 0 aliphatic heterocycles. The van der Waals surface area contributed by atoms with Gasteiger partial charge in [0.2, 0.25) is 0 Å². The van der Waals surface area contributed by atoms with E-state index in [1.54, 1.807) is 24.0 Å². The van der Waals surface area contributed by atoms with Gasteiger partial charge in [0.25, 0.3) is 5.91 Å².